The number of halogens is 2. The van der Waals surface area contributed by atoms with Gasteiger partial charge in [-0.3, -0.25) is 0 Å². The molecule has 0 fully saturated rings. The molecular weight excluding hydrogens is 234 g/mol. The van der Waals surface area contributed by atoms with Crippen LogP contribution < -0.4 is 0 Å². The lowest BCUT2D eigenvalue weighted by Crippen LogP contribution is -2.05. The lowest BCUT2D eigenvalue weighted by molar-refractivity contribution is 0.412. The maximum absolute atomic E-state index is 12.6. The molecule has 0 bridgehead atoms. The molecule has 0 atom stereocenters. The Bertz CT molecular complexity index is 474. The van der Waals surface area contributed by atoms with Crippen molar-refractivity contribution in [2.45, 2.75) is 24.7 Å². The molecule has 0 saturated heterocycles. The first-order valence-corrected chi connectivity index (χ1v) is 6.32. The van der Waals surface area contributed by atoms with E-state index in [1.54, 1.807) is 13.0 Å². The van der Waals surface area contributed by atoms with Gasteiger partial charge in [0.15, 0.2) is 0 Å². The van der Waals surface area contributed by atoms with Crippen molar-refractivity contribution >= 4 is 9.84 Å². The van der Waals surface area contributed by atoms with Crippen molar-refractivity contribution in [3.63, 3.8) is 0 Å². The van der Waals surface area contributed by atoms with E-state index in [4.69, 9.17) is 0 Å². The fourth-order valence-corrected chi connectivity index (χ4v) is 2.78. The van der Waals surface area contributed by atoms with E-state index in [1.807, 2.05) is 0 Å². The van der Waals surface area contributed by atoms with Crippen molar-refractivity contribution in [1.82, 2.24) is 0 Å². The minimum absolute atomic E-state index is 0.0914. The van der Waals surface area contributed by atoms with Gasteiger partial charge >= 0.3 is 0 Å². The van der Waals surface area contributed by atoms with Gasteiger partial charge in [-0.25, -0.2) is 8.42 Å². The summed E-state index contributed by atoms with van der Waals surface area (Å²) in [5.41, 5.74) is 0. The van der Waals surface area contributed by atoms with Gasteiger partial charge in [0.05, 0.1) is 4.90 Å². The largest absolute Gasteiger partial charge is 0.285 e. The first kappa shape index (κ1) is 12.8. The highest BCUT2D eigenvalue weighted by molar-refractivity contribution is 7.95. The van der Waals surface area contributed by atoms with E-state index in [2.05, 4.69) is 0 Å². The average molecular weight is 246 g/mol. The minimum Gasteiger partial charge on any atom is -0.219 e. The molecule has 0 aromatic heterocycles. The summed E-state index contributed by atoms with van der Waals surface area (Å²) >= 11 is 0. The van der Waals surface area contributed by atoms with Crippen LogP contribution in [-0.4, -0.2) is 8.42 Å². The maximum atomic E-state index is 12.6. The van der Waals surface area contributed by atoms with E-state index < -0.39 is 20.8 Å². The summed E-state index contributed by atoms with van der Waals surface area (Å²) in [6.07, 6.45) is -1.90. The molecule has 0 N–H and O–H groups in total. The van der Waals surface area contributed by atoms with Crippen LogP contribution in [0.25, 0.3) is 0 Å². The number of hydrogen-bond acceptors (Lipinski definition) is 2. The molecule has 88 valence electrons. The molecule has 1 rings (SSSR count). The topological polar surface area (TPSA) is 34.1 Å². The Morgan fingerprint density at radius 1 is 1.19 bits per heavy atom. The highest BCUT2D eigenvalue weighted by Crippen LogP contribution is 2.26. The van der Waals surface area contributed by atoms with Crippen LogP contribution >= 0.6 is 0 Å². The second-order valence-corrected chi connectivity index (χ2v) is 5.22. The summed E-state index contributed by atoms with van der Waals surface area (Å²) in [7, 11) is -4.03. The van der Waals surface area contributed by atoms with Crippen molar-refractivity contribution in [2.75, 3.05) is 0 Å². The van der Waals surface area contributed by atoms with Crippen LogP contribution in [0.4, 0.5) is 8.78 Å². The van der Waals surface area contributed by atoms with E-state index in [9.17, 15) is 17.2 Å². The Kier molecular flexibility index (Phi) is 4.18. The highest BCUT2D eigenvalue weighted by atomic mass is 32.2. The Labute approximate surface area is 93.5 Å². The van der Waals surface area contributed by atoms with Crippen LogP contribution in [0.2, 0.25) is 0 Å². The highest BCUT2D eigenvalue weighted by Gasteiger charge is 2.24. The smallest absolute Gasteiger partial charge is 0.219 e. The van der Waals surface area contributed by atoms with Crippen LogP contribution in [0.15, 0.2) is 46.2 Å². The van der Waals surface area contributed by atoms with Crippen LogP contribution in [0.1, 0.15) is 19.8 Å². The number of rotatable bonds is 4. The fraction of sp³-hybridized carbons (Fsp3) is 0.273. The summed E-state index contributed by atoms with van der Waals surface area (Å²) in [5.74, 6) is 0. The lowest BCUT2D eigenvalue weighted by Gasteiger charge is -2.06. The van der Waals surface area contributed by atoms with Gasteiger partial charge in [0.25, 0.3) is 6.08 Å². The predicted octanol–water partition coefficient (Wildman–Crippen LogP) is 3.37. The summed E-state index contributed by atoms with van der Waals surface area (Å²) in [4.78, 5) is -0.868. The Balaban J connectivity index is 3.26. The Hall–Kier alpha value is -1.23. The van der Waals surface area contributed by atoms with Crippen LogP contribution in [0, 0.1) is 0 Å². The van der Waals surface area contributed by atoms with Gasteiger partial charge in [0.2, 0.25) is 9.84 Å². The Morgan fingerprint density at radius 2 is 1.75 bits per heavy atom. The summed E-state index contributed by atoms with van der Waals surface area (Å²) in [6, 6.07) is 7.27. The molecule has 0 aliphatic heterocycles. The van der Waals surface area contributed by atoms with Gasteiger partial charge in [0, 0.05) is 0 Å². The molecule has 0 saturated carbocycles. The van der Waals surface area contributed by atoms with Crippen molar-refractivity contribution in [3.8, 4) is 0 Å². The maximum Gasteiger partial charge on any atom is 0.285 e. The fourth-order valence-electron chi connectivity index (χ4n) is 1.30. The second-order valence-electron chi connectivity index (χ2n) is 3.25. The molecule has 5 heteroatoms. The predicted molar refractivity (Wildman–Crippen MR) is 57.8 cm³/mol. The van der Waals surface area contributed by atoms with Crippen molar-refractivity contribution in [1.29, 1.82) is 0 Å². The van der Waals surface area contributed by atoms with Gasteiger partial charge in [-0.2, -0.15) is 8.78 Å². The van der Waals surface area contributed by atoms with E-state index in [0.29, 0.717) is 6.42 Å². The minimum atomic E-state index is -4.03. The van der Waals surface area contributed by atoms with Crippen LogP contribution in [0.5, 0.6) is 0 Å². The second kappa shape index (κ2) is 5.21. The number of allylic oxidation sites excluding steroid dienone is 1. The van der Waals surface area contributed by atoms with Crippen LogP contribution in [0.3, 0.4) is 0 Å². The van der Waals surface area contributed by atoms with Gasteiger partial charge in [0.1, 0.15) is 4.91 Å². The molecule has 0 heterocycles. The van der Waals surface area contributed by atoms with Gasteiger partial charge in [-0.1, -0.05) is 31.5 Å². The first-order valence-electron chi connectivity index (χ1n) is 4.84. The molecule has 0 unspecified atom stereocenters. The zero-order chi connectivity index (χ0) is 12.2. The third kappa shape index (κ3) is 2.66. The summed E-state index contributed by atoms with van der Waals surface area (Å²) in [5, 5.41) is 0. The standard InChI is InChI=1S/C11H12F2O2S/c1-2-6-10(11(12)13)16(14,15)9-7-4-3-5-8-9/h3-5,7-8H,2,6H2,1H3. The Morgan fingerprint density at radius 3 is 2.19 bits per heavy atom. The zero-order valence-corrected chi connectivity index (χ0v) is 9.60. The third-order valence-electron chi connectivity index (χ3n) is 2.07. The molecule has 1 aromatic rings. The normalized spacial score (nSPS) is 11.2. The SMILES string of the molecule is CCCC(=C(F)F)S(=O)(=O)c1ccccc1. The third-order valence-corrected chi connectivity index (χ3v) is 3.97. The first-order chi connectivity index (χ1) is 7.50. The number of sulfone groups is 1. The van der Waals surface area contributed by atoms with E-state index in [0.717, 1.165) is 0 Å². The summed E-state index contributed by atoms with van der Waals surface area (Å²) in [6.45, 7) is 1.66. The molecule has 0 aliphatic carbocycles. The molecule has 1 aromatic carbocycles. The van der Waals surface area contributed by atoms with E-state index in [-0.39, 0.29) is 11.3 Å². The quantitative estimate of drug-likeness (QED) is 0.816. The molecule has 0 radical (unpaired) electrons. The van der Waals surface area contributed by atoms with Crippen molar-refractivity contribution in [2.24, 2.45) is 0 Å². The number of hydrogen-bond donors (Lipinski definition) is 0. The van der Waals surface area contributed by atoms with Gasteiger partial charge in [-0.05, 0) is 18.6 Å². The van der Waals surface area contributed by atoms with Gasteiger partial charge in [-0.15, -0.1) is 0 Å². The van der Waals surface area contributed by atoms with Gasteiger partial charge < -0.3 is 0 Å². The molecular formula is C11H12F2O2S. The number of benzene rings is 1. The molecule has 0 spiro atoms. The lowest BCUT2D eigenvalue weighted by atomic mass is 10.3. The van der Waals surface area contributed by atoms with E-state index >= 15 is 0 Å². The summed E-state index contributed by atoms with van der Waals surface area (Å²) < 4.78 is 48.8. The average Bonchev–Trinajstić information content (AvgIpc) is 2.26. The van der Waals surface area contributed by atoms with Crippen LogP contribution in [-0.2, 0) is 9.84 Å². The molecule has 2 nitrogen and oxygen atoms in total. The monoisotopic (exact) mass is 246 g/mol. The van der Waals surface area contributed by atoms with Crippen molar-refractivity contribution < 1.29 is 17.2 Å². The van der Waals surface area contributed by atoms with Crippen molar-refractivity contribution in [3.05, 3.63) is 41.3 Å². The molecule has 0 amide bonds. The molecule has 0 aliphatic rings. The molecule has 16 heavy (non-hydrogen) atoms. The zero-order valence-electron chi connectivity index (χ0n) is 8.78. The van der Waals surface area contributed by atoms with E-state index in [1.165, 1.54) is 24.3 Å².